The zero-order chi connectivity index (χ0) is 16.5. The van der Waals surface area contributed by atoms with E-state index in [1.54, 1.807) is 36.3 Å². The topological polar surface area (TPSA) is 57.6 Å². The zero-order valence-corrected chi connectivity index (χ0v) is 13.7. The summed E-state index contributed by atoms with van der Waals surface area (Å²) in [7, 11) is 1.92. The third-order valence-electron chi connectivity index (χ3n) is 2.98. The van der Waals surface area contributed by atoms with Gasteiger partial charge in [0.2, 0.25) is 0 Å². The van der Waals surface area contributed by atoms with Crippen molar-refractivity contribution >= 4 is 28.9 Å². The number of amides is 1. The van der Waals surface area contributed by atoms with Crippen LogP contribution >= 0.6 is 11.8 Å². The van der Waals surface area contributed by atoms with Crippen molar-refractivity contribution in [1.29, 1.82) is 0 Å². The maximum atomic E-state index is 11.8. The lowest BCUT2D eigenvalue weighted by Gasteiger charge is -2.11. The van der Waals surface area contributed by atoms with Crippen LogP contribution in [-0.2, 0) is 4.79 Å². The van der Waals surface area contributed by atoms with Crippen LogP contribution in [-0.4, -0.2) is 33.8 Å². The maximum Gasteiger partial charge on any atom is 0.264 e. The van der Waals surface area contributed by atoms with E-state index < -0.39 is 0 Å². The summed E-state index contributed by atoms with van der Waals surface area (Å²) in [6.07, 6.45) is 14.0. The fourth-order valence-electron chi connectivity index (χ4n) is 1.75. The van der Waals surface area contributed by atoms with Gasteiger partial charge in [0.25, 0.3) is 5.91 Å². The van der Waals surface area contributed by atoms with Gasteiger partial charge in [-0.25, -0.2) is 5.43 Å². The number of hydrazone groups is 1. The Morgan fingerprint density at radius 1 is 1.52 bits per heavy atom. The number of pyridine rings is 1. The molecule has 6 heteroatoms. The molecule has 1 N–H and O–H groups in total. The molecule has 0 bridgehead atoms. The predicted molar refractivity (Wildman–Crippen MR) is 96.5 cm³/mol. The molecule has 1 aliphatic heterocycles. The number of rotatable bonds is 5. The molecule has 0 radical (unpaired) electrons. The van der Waals surface area contributed by atoms with Crippen LogP contribution in [0.1, 0.15) is 5.56 Å². The second kappa shape index (κ2) is 8.75. The number of nitrogens with zero attached hydrogens (tertiary/aromatic N) is 3. The molecule has 1 amide bonds. The molecule has 0 saturated carbocycles. The highest BCUT2D eigenvalue weighted by molar-refractivity contribution is 8.14. The molecule has 23 heavy (non-hydrogen) atoms. The van der Waals surface area contributed by atoms with Crippen molar-refractivity contribution in [2.45, 2.75) is 0 Å². The van der Waals surface area contributed by atoms with Crippen LogP contribution in [0.25, 0.3) is 6.08 Å². The Morgan fingerprint density at radius 3 is 3.13 bits per heavy atom. The first-order valence-electron chi connectivity index (χ1n) is 7.01. The largest absolute Gasteiger partial charge is 0.326 e. The van der Waals surface area contributed by atoms with Crippen LogP contribution in [0.2, 0.25) is 0 Å². The van der Waals surface area contributed by atoms with Crippen LogP contribution in [0.3, 0.4) is 0 Å². The van der Waals surface area contributed by atoms with Crippen molar-refractivity contribution in [3.63, 3.8) is 0 Å². The van der Waals surface area contributed by atoms with Gasteiger partial charge in [-0.1, -0.05) is 42.6 Å². The normalized spacial score (nSPS) is 18.4. The van der Waals surface area contributed by atoms with E-state index >= 15 is 0 Å². The number of hydrogen-bond acceptors (Lipinski definition) is 4. The molecule has 1 saturated heterocycles. The Balaban J connectivity index is 1.91. The number of hydrogen-bond donors (Lipinski definition) is 1. The number of aromatic nitrogens is 1. The minimum absolute atomic E-state index is 0.278. The lowest BCUT2D eigenvalue weighted by molar-refractivity contribution is -0.116. The molecule has 118 valence electrons. The second-order valence-corrected chi connectivity index (χ2v) is 5.56. The molecule has 0 atom stereocenters. The Labute approximate surface area is 140 Å². The van der Waals surface area contributed by atoms with Gasteiger partial charge in [-0.3, -0.25) is 9.78 Å². The zero-order valence-electron chi connectivity index (χ0n) is 12.8. The number of nitrogens with one attached hydrogen (secondary N) is 1. The number of allylic oxidation sites excluding steroid dienone is 4. The SMILES string of the molecule is C=C/C=C\C=C1/CS/C(=N\NC(=O)/C=C/c2cccnc2)N1C. The van der Waals surface area contributed by atoms with E-state index in [1.807, 2.05) is 42.3 Å². The van der Waals surface area contributed by atoms with Crippen LogP contribution in [0.5, 0.6) is 0 Å². The van der Waals surface area contributed by atoms with Crippen LogP contribution in [0.4, 0.5) is 0 Å². The highest BCUT2D eigenvalue weighted by atomic mass is 32.2. The molecule has 0 spiro atoms. The van der Waals surface area contributed by atoms with Crippen molar-refractivity contribution in [1.82, 2.24) is 15.3 Å². The highest BCUT2D eigenvalue weighted by Crippen LogP contribution is 2.24. The van der Waals surface area contributed by atoms with Crippen molar-refractivity contribution in [3.8, 4) is 0 Å². The third-order valence-corrected chi connectivity index (χ3v) is 4.04. The van der Waals surface area contributed by atoms with Crippen molar-refractivity contribution in [2.75, 3.05) is 12.8 Å². The lowest BCUT2D eigenvalue weighted by atomic mass is 10.2. The summed E-state index contributed by atoms with van der Waals surface area (Å²) < 4.78 is 0. The smallest absolute Gasteiger partial charge is 0.264 e. The summed E-state index contributed by atoms with van der Waals surface area (Å²) in [5.74, 6) is 0.539. The molecule has 2 rings (SSSR count). The standard InChI is InChI=1S/C17H18N4OS/c1-3-4-5-8-15-13-23-17(21(15)2)20-19-16(22)10-9-14-7-6-11-18-12-14/h3-12H,1,13H2,2H3,(H,19,22)/b5-4-,10-9+,15-8+,20-17-. The van der Waals surface area contributed by atoms with Crippen LogP contribution in [0.15, 0.2) is 72.3 Å². The molecule has 0 aliphatic carbocycles. The Bertz CT molecular complexity index is 677. The molecule has 0 unspecified atom stereocenters. The summed E-state index contributed by atoms with van der Waals surface area (Å²) in [6.45, 7) is 3.63. The monoisotopic (exact) mass is 326 g/mol. The van der Waals surface area contributed by atoms with E-state index in [0.717, 1.165) is 22.2 Å². The first-order valence-corrected chi connectivity index (χ1v) is 8.00. The van der Waals surface area contributed by atoms with E-state index in [0.29, 0.717) is 0 Å². The van der Waals surface area contributed by atoms with Gasteiger partial charge >= 0.3 is 0 Å². The third kappa shape index (κ3) is 5.27. The van der Waals surface area contributed by atoms with Crippen molar-refractivity contribution in [2.24, 2.45) is 5.10 Å². The molecule has 0 aromatic carbocycles. The molecular formula is C17H18N4OS. The van der Waals surface area contributed by atoms with Gasteiger partial charge in [-0.15, -0.1) is 5.10 Å². The van der Waals surface area contributed by atoms with Crippen LogP contribution in [0, 0.1) is 0 Å². The minimum atomic E-state index is -0.278. The predicted octanol–water partition coefficient (Wildman–Crippen LogP) is 2.79. The molecule has 1 fully saturated rings. The molecule has 1 aliphatic rings. The first-order chi connectivity index (χ1) is 11.2. The van der Waals surface area contributed by atoms with Gasteiger partial charge in [0.05, 0.1) is 0 Å². The first kappa shape index (κ1) is 16.8. The van der Waals surface area contributed by atoms with E-state index in [2.05, 4.69) is 22.1 Å². The fraction of sp³-hybridized carbons (Fsp3) is 0.118. The number of carbonyl (C=O) groups excluding carboxylic acids is 1. The van der Waals surface area contributed by atoms with Gasteiger partial charge in [0, 0.05) is 37.0 Å². The summed E-state index contributed by atoms with van der Waals surface area (Å²) in [4.78, 5) is 17.7. The molecule has 2 heterocycles. The summed E-state index contributed by atoms with van der Waals surface area (Å²) in [5, 5.41) is 4.90. The van der Waals surface area contributed by atoms with Crippen LogP contribution < -0.4 is 5.43 Å². The van der Waals surface area contributed by atoms with E-state index in [9.17, 15) is 4.79 Å². The summed E-state index contributed by atoms with van der Waals surface area (Å²) >= 11 is 1.57. The number of thioether (sulfide) groups is 1. The Morgan fingerprint density at radius 2 is 2.39 bits per heavy atom. The Kier molecular flexibility index (Phi) is 6.38. The maximum absolute atomic E-state index is 11.8. The summed E-state index contributed by atoms with van der Waals surface area (Å²) in [6, 6.07) is 3.69. The second-order valence-electron chi connectivity index (χ2n) is 4.62. The van der Waals surface area contributed by atoms with E-state index in [-0.39, 0.29) is 5.91 Å². The van der Waals surface area contributed by atoms with Gasteiger partial charge < -0.3 is 4.90 Å². The molecule has 1 aromatic heterocycles. The van der Waals surface area contributed by atoms with Gasteiger partial charge in [0.1, 0.15) is 0 Å². The van der Waals surface area contributed by atoms with E-state index in [1.165, 1.54) is 6.08 Å². The highest BCUT2D eigenvalue weighted by Gasteiger charge is 2.20. The van der Waals surface area contributed by atoms with Gasteiger partial charge in [-0.05, 0) is 23.8 Å². The van der Waals surface area contributed by atoms with Gasteiger partial charge in [0.15, 0.2) is 5.17 Å². The minimum Gasteiger partial charge on any atom is -0.326 e. The number of carbonyl (C=O) groups is 1. The number of amidine groups is 1. The quantitative estimate of drug-likeness (QED) is 0.513. The van der Waals surface area contributed by atoms with Gasteiger partial charge in [-0.2, -0.15) is 0 Å². The Hall–Kier alpha value is -2.60. The van der Waals surface area contributed by atoms with E-state index in [4.69, 9.17) is 0 Å². The molecule has 1 aromatic rings. The lowest BCUT2D eigenvalue weighted by Crippen LogP contribution is -2.22. The fourth-order valence-corrected chi connectivity index (χ4v) is 2.74. The summed E-state index contributed by atoms with van der Waals surface area (Å²) in [5.41, 5.74) is 4.51. The molecular weight excluding hydrogens is 308 g/mol. The average molecular weight is 326 g/mol. The average Bonchev–Trinajstić information content (AvgIpc) is 2.92. The molecule has 5 nitrogen and oxygen atoms in total. The van der Waals surface area contributed by atoms with Crippen molar-refractivity contribution < 1.29 is 4.79 Å². The van der Waals surface area contributed by atoms with Crippen molar-refractivity contribution in [3.05, 3.63) is 72.7 Å².